The molecule has 1 fully saturated rings. The third-order valence-electron chi connectivity index (χ3n) is 3.10. The number of benzene rings is 1. The van der Waals surface area contributed by atoms with Crippen LogP contribution in [0.5, 0.6) is 11.5 Å². The van der Waals surface area contributed by atoms with E-state index in [4.69, 9.17) is 14.7 Å². The number of halogens is 1. The number of nitrogens with zero attached hydrogens (tertiary/aromatic N) is 3. The molecule has 1 heterocycles. The van der Waals surface area contributed by atoms with Gasteiger partial charge in [-0.05, 0) is 46.7 Å². The van der Waals surface area contributed by atoms with Crippen LogP contribution in [0, 0.1) is 11.3 Å². The summed E-state index contributed by atoms with van der Waals surface area (Å²) in [5.74, 6) is -0.200. The summed E-state index contributed by atoms with van der Waals surface area (Å²) in [5, 5.41) is 19.3. The topological polar surface area (TPSA) is 122 Å². The zero-order valence-corrected chi connectivity index (χ0v) is 17.3. The van der Waals surface area contributed by atoms with Gasteiger partial charge in [-0.15, -0.1) is 5.10 Å². The Morgan fingerprint density at radius 1 is 1.39 bits per heavy atom. The summed E-state index contributed by atoms with van der Waals surface area (Å²) in [6.45, 7) is 2.14. The Hall–Kier alpha value is -2.84. The predicted octanol–water partition coefficient (Wildman–Crippen LogP) is 2.36. The van der Waals surface area contributed by atoms with E-state index >= 15 is 0 Å². The number of rotatable bonds is 7. The second-order valence-electron chi connectivity index (χ2n) is 4.94. The van der Waals surface area contributed by atoms with Gasteiger partial charge in [0.1, 0.15) is 6.07 Å². The number of amidine groups is 1. The van der Waals surface area contributed by atoms with Gasteiger partial charge in [0.2, 0.25) is 0 Å². The van der Waals surface area contributed by atoms with E-state index in [0.29, 0.717) is 28.1 Å². The summed E-state index contributed by atoms with van der Waals surface area (Å²) in [7, 11) is 1.22. The van der Waals surface area contributed by atoms with Gasteiger partial charge in [0.25, 0.3) is 5.91 Å². The van der Waals surface area contributed by atoms with E-state index in [9.17, 15) is 9.59 Å². The maximum Gasteiger partial charge on any atom is 0.331 e. The molecule has 11 heteroatoms. The van der Waals surface area contributed by atoms with E-state index in [2.05, 4.69) is 36.2 Å². The SMILES string of the molecule is CCOc1cc(C=N/N=C2/NC(=O)/C(=C\C(=O)OC)S2)c(Br)cc1OCC#N. The number of thioether (sulfide) groups is 1. The molecule has 0 saturated carbocycles. The molecule has 0 spiro atoms. The fourth-order valence-corrected chi connectivity index (χ4v) is 3.09. The number of carbonyl (C=O) groups excluding carboxylic acids is 2. The summed E-state index contributed by atoms with van der Waals surface area (Å²) in [5.41, 5.74) is 0.650. The van der Waals surface area contributed by atoms with Crippen molar-refractivity contribution < 1.29 is 23.8 Å². The summed E-state index contributed by atoms with van der Waals surface area (Å²) in [4.78, 5) is 23.2. The number of esters is 1. The highest BCUT2D eigenvalue weighted by Crippen LogP contribution is 2.33. The van der Waals surface area contributed by atoms with E-state index in [-0.39, 0.29) is 16.7 Å². The zero-order valence-electron chi connectivity index (χ0n) is 14.9. The van der Waals surface area contributed by atoms with Gasteiger partial charge < -0.3 is 14.2 Å². The van der Waals surface area contributed by atoms with Crippen molar-refractivity contribution in [3.05, 3.63) is 33.2 Å². The minimum Gasteiger partial charge on any atom is -0.490 e. The second kappa shape index (κ2) is 10.5. The highest BCUT2D eigenvalue weighted by atomic mass is 79.9. The fourth-order valence-electron chi connectivity index (χ4n) is 1.93. The molecule has 1 saturated heterocycles. The van der Waals surface area contributed by atoms with E-state index < -0.39 is 11.9 Å². The lowest BCUT2D eigenvalue weighted by atomic mass is 10.2. The van der Waals surface area contributed by atoms with E-state index in [1.807, 2.05) is 13.0 Å². The predicted molar refractivity (Wildman–Crippen MR) is 107 cm³/mol. The van der Waals surface area contributed by atoms with Crippen LogP contribution in [0.2, 0.25) is 0 Å². The monoisotopic (exact) mass is 466 g/mol. The van der Waals surface area contributed by atoms with Gasteiger partial charge in [0.15, 0.2) is 23.3 Å². The Balaban J connectivity index is 2.18. The van der Waals surface area contributed by atoms with Crippen molar-refractivity contribution in [2.24, 2.45) is 10.2 Å². The second-order valence-corrected chi connectivity index (χ2v) is 6.82. The number of amides is 1. The number of hydrogen-bond donors (Lipinski definition) is 1. The molecular formula is C17H15BrN4O5S. The number of nitriles is 1. The van der Waals surface area contributed by atoms with Crippen molar-refractivity contribution >= 4 is 51.0 Å². The maximum absolute atomic E-state index is 11.8. The number of nitrogens with one attached hydrogen (secondary N) is 1. The average molecular weight is 467 g/mol. The molecule has 2 rings (SSSR count). The van der Waals surface area contributed by atoms with Gasteiger partial charge >= 0.3 is 5.97 Å². The quantitative estimate of drug-likeness (QED) is 0.283. The Bertz CT molecular complexity index is 908. The zero-order chi connectivity index (χ0) is 20.5. The lowest BCUT2D eigenvalue weighted by Gasteiger charge is -2.11. The van der Waals surface area contributed by atoms with Crippen LogP contribution in [0.25, 0.3) is 0 Å². The van der Waals surface area contributed by atoms with Gasteiger partial charge in [-0.2, -0.15) is 10.4 Å². The molecule has 0 aliphatic carbocycles. The van der Waals surface area contributed by atoms with Gasteiger partial charge in [-0.3, -0.25) is 10.1 Å². The largest absolute Gasteiger partial charge is 0.490 e. The summed E-state index contributed by atoms with van der Waals surface area (Å²) in [6, 6.07) is 5.25. The average Bonchev–Trinajstić information content (AvgIpc) is 3.02. The number of hydrogen-bond acceptors (Lipinski definition) is 9. The van der Waals surface area contributed by atoms with Crippen LogP contribution in [0.1, 0.15) is 12.5 Å². The van der Waals surface area contributed by atoms with Crippen molar-refractivity contribution in [3.8, 4) is 17.6 Å². The molecule has 0 aromatic heterocycles. The molecular weight excluding hydrogens is 452 g/mol. The van der Waals surface area contributed by atoms with Gasteiger partial charge in [-0.1, -0.05) is 0 Å². The molecule has 0 unspecified atom stereocenters. The molecule has 28 heavy (non-hydrogen) atoms. The first kappa shape index (κ1) is 21.5. The highest BCUT2D eigenvalue weighted by molar-refractivity contribution is 9.10. The molecule has 0 bridgehead atoms. The Morgan fingerprint density at radius 2 is 2.14 bits per heavy atom. The maximum atomic E-state index is 11.8. The van der Waals surface area contributed by atoms with Crippen LogP contribution < -0.4 is 14.8 Å². The van der Waals surface area contributed by atoms with Crippen LogP contribution >= 0.6 is 27.7 Å². The minimum atomic E-state index is -0.631. The van der Waals surface area contributed by atoms with Gasteiger partial charge in [0.05, 0.1) is 24.8 Å². The third kappa shape index (κ3) is 5.83. The molecule has 9 nitrogen and oxygen atoms in total. The summed E-state index contributed by atoms with van der Waals surface area (Å²) >= 11 is 4.37. The van der Waals surface area contributed by atoms with E-state index in [0.717, 1.165) is 17.8 Å². The smallest absolute Gasteiger partial charge is 0.331 e. The van der Waals surface area contributed by atoms with Crippen LogP contribution in [0.4, 0.5) is 0 Å². The first-order valence-electron chi connectivity index (χ1n) is 7.84. The fraction of sp³-hybridized carbons (Fsp3) is 0.235. The Labute approximate surface area is 173 Å². The van der Waals surface area contributed by atoms with Crippen molar-refractivity contribution in [3.63, 3.8) is 0 Å². The van der Waals surface area contributed by atoms with Gasteiger partial charge in [0, 0.05) is 16.1 Å². The number of ether oxygens (including phenoxy) is 3. The van der Waals surface area contributed by atoms with Crippen molar-refractivity contribution in [1.82, 2.24) is 5.32 Å². The normalized spacial score (nSPS) is 16.3. The van der Waals surface area contributed by atoms with Crippen molar-refractivity contribution in [2.75, 3.05) is 20.3 Å². The lowest BCUT2D eigenvalue weighted by Crippen LogP contribution is -2.19. The molecule has 0 radical (unpaired) electrons. The highest BCUT2D eigenvalue weighted by Gasteiger charge is 2.25. The first-order valence-corrected chi connectivity index (χ1v) is 9.45. The van der Waals surface area contributed by atoms with Crippen LogP contribution in [-0.4, -0.2) is 43.6 Å². The van der Waals surface area contributed by atoms with Crippen LogP contribution in [0.15, 0.2) is 37.8 Å². The van der Waals surface area contributed by atoms with Gasteiger partial charge in [-0.25, -0.2) is 4.79 Å². The molecule has 1 aromatic carbocycles. The van der Waals surface area contributed by atoms with Crippen molar-refractivity contribution in [2.45, 2.75) is 6.92 Å². The van der Waals surface area contributed by atoms with E-state index in [1.165, 1.54) is 13.3 Å². The van der Waals surface area contributed by atoms with Crippen molar-refractivity contribution in [1.29, 1.82) is 5.26 Å². The lowest BCUT2D eigenvalue weighted by molar-refractivity contribution is -0.135. The molecule has 146 valence electrons. The molecule has 1 amide bonds. The number of carbonyl (C=O) groups is 2. The molecule has 1 aliphatic heterocycles. The third-order valence-corrected chi connectivity index (χ3v) is 4.69. The Kier molecular flexibility index (Phi) is 8.03. The minimum absolute atomic E-state index is 0.105. The number of methoxy groups -OCH3 is 1. The van der Waals surface area contributed by atoms with Crippen LogP contribution in [0.3, 0.4) is 0 Å². The molecule has 1 aromatic rings. The Morgan fingerprint density at radius 3 is 2.82 bits per heavy atom. The van der Waals surface area contributed by atoms with Crippen LogP contribution in [-0.2, 0) is 14.3 Å². The molecule has 1 N–H and O–H groups in total. The standard InChI is InChI=1S/C17H15BrN4O5S/c1-3-26-12-6-10(11(18)7-13(12)27-5-4-19)9-20-22-17-21-16(24)14(28-17)8-15(23)25-2/h6-9H,3,5H2,1-2H3,(H,21,22,24)/b14-8+,20-9?. The first-order chi connectivity index (χ1) is 13.5. The summed E-state index contributed by atoms with van der Waals surface area (Å²) < 4.78 is 16.0. The molecule has 0 atom stereocenters. The summed E-state index contributed by atoms with van der Waals surface area (Å²) in [6.07, 6.45) is 2.54. The van der Waals surface area contributed by atoms with E-state index in [1.54, 1.807) is 12.1 Å². The molecule has 1 aliphatic rings.